The zero-order chi connectivity index (χ0) is 19.6. The molecule has 0 saturated heterocycles. The fourth-order valence-corrected chi connectivity index (χ4v) is 2.57. The Labute approximate surface area is 156 Å². The van der Waals surface area contributed by atoms with E-state index in [1.165, 1.54) is 23.7 Å². The Morgan fingerprint density at radius 1 is 1.11 bits per heavy atom. The number of amides is 1. The molecule has 1 amide bonds. The fraction of sp³-hybridized carbons (Fsp3) is 0.200. The molecule has 138 valence electrons. The molecule has 0 aliphatic rings. The van der Waals surface area contributed by atoms with Gasteiger partial charge in [0.25, 0.3) is 5.91 Å². The van der Waals surface area contributed by atoms with Gasteiger partial charge in [-0.3, -0.25) is 9.59 Å². The number of carbonyl (C=O) groups excluding carboxylic acids is 2. The van der Waals surface area contributed by atoms with Crippen LogP contribution in [0.25, 0.3) is 5.69 Å². The third-order valence-electron chi connectivity index (χ3n) is 3.95. The summed E-state index contributed by atoms with van der Waals surface area (Å²) in [6.07, 6.45) is 0. The van der Waals surface area contributed by atoms with Crippen LogP contribution in [0.5, 0.6) is 0 Å². The zero-order valence-electron chi connectivity index (χ0n) is 15.2. The number of carbonyl (C=O) groups is 2. The number of benzene rings is 2. The minimum atomic E-state index is -0.484. The van der Waals surface area contributed by atoms with E-state index in [0.717, 1.165) is 0 Å². The average molecular weight is 366 g/mol. The lowest BCUT2D eigenvalue weighted by Crippen LogP contribution is -2.14. The van der Waals surface area contributed by atoms with Gasteiger partial charge in [0.05, 0.1) is 5.69 Å². The van der Waals surface area contributed by atoms with Crippen LogP contribution < -0.4 is 5.32 Å². The van der Waals surface area contributed by atoms with E-state index in [9.17, 15) is 14.0 Å². The van der Waals surface area contributed by atoms with E-state index in [1.807, 2.05) is 13.8 Å². The van der Waals surface area contributed by atoms with Gasteiger partial charge in [-0.15, -0.1) is 5.10 Å². The maximum Gasteiger partial charge on any atom is 0.295 e. The summed E-state index contributed by atoms with van der Waals surface area (Å²) in [5, 5.41) is 6.96. The third-order valence-corrected chi connectivity index (χ3v) is 3.95. The van der Waals surface area contributed by atoms with E-state index < -0.39 is 11.7 Å². The highest BCUT2D eigenvalue weighted by atomic mass is 19.1. The predicted molar refractivity (Wildman–Crippen MR) is 99.8 cm³/mol. The molecule has 0 radical (unpaired) electrons. The molecule has 0 atom stereocenters. The van der Waals surface area contributed by atoms with Gasteiger partial charge in [-0.1, -0.05) is 19.9 Å². The normalized spacial score (nSPS) is 10.9. The van der Waals surface area contributed by atoms with Crippen molar-refractivity contribution >= 4 is 17.4 Å². The number of aromatic nitrogens is 3. The number of ketones is 1. The molecule has 0 unspecified atom stereocenters. The average Bonchev–Trinajstić information content (AvgIpc) is 3.08. The lowest BCUT2D eigenvalue weighted by atomic mass is 10.1. The minimum Gasteiger partial charge on any atom is -0.319 e. The van der Waals surface area contributed by atoms with Gasteiger partial charge in [0.2, 0.25) is 5.82 Å². The molecule has 6 nitrogen and oxygen atoms in total. The van der Waals surface area contributed by atoms with Crippen LogP contribution in [0.1, 0.15) is 53.5 Å². The van der Waals surface area contributed by atoms with Crippen LogP contribution >= 0.6 is 0 Å². The summed E-state index contributed by atoms with van der Waals surface area (Å²) in [4.78, 5) is 28.2. The second-order valence-corrected chi connectivity index (χ2v) is 6.43. The van der Waals surface area contributed by atoms with Gasteiger partial charge in [0, 0.05) is 17.2 Å². The third kappa shape index (κ3) is 4.08. The molecule has 1 heterocycles. The van der Waals surface area contributed by atoms with Gasteiger partial charge >= 0.3 is 0 Å². The Morgan fingerprint density at radius 2 is 1.81 bits per heavy atom. The quantitative estimate of drug-likeness (QED) is 0.693. The van der Waals surface area contributed by atoms with E-state index in [-0.39, 0.29) is 17.5 Å². The van der Waals surface area contributed by atoms with Crippen molar-refractivity contribution in [1.29, 1.82) is 0 Å². The highest BCUT2D eigenvalue weighted by Crippen LogP contribution is 2.19. The van der Waals surface area contributed by atoms with Crippen molar-refractivity contribution in [3.8, 4) is 5.69 Å². The van der Waals surface area contributed by atoms with Crippen LogP contribution in [-0.2, 0) is 0 Å². The first kappa shape index (κ1) is 18.4. The van der Waals surface area contributed by atoms with E-state index in [0.29, 0.717) is 22.8 Å². The lowest BCUT2D eigenvalue weighted by molar-refractivity contribution is 0.101. The van der Waals surface area contributed by atoms with Gasteiger partial charge in [-0.25, -0.2) is 14.1 Å². The molecule has 3 rings (SSSR count). The lowest BCUT2D eigenvalue weighted by Gasteiger charge is -2.07. The summed E-state index contributed by atoms with van der Waals surface area (Å²) in [5.74, 6) is -0.407. The highest BCUT2D eigenvalue weighted by Gasteiger charge is 2.20. The summed E-state index contributed by atoms with van der Waals surface area (Å²) < 4.78 is 15.0. The number of halogens is 1. The van der Waals surface area contributed by atoms with Gasteiger partial charge in [-0.05, 0) is 49.4 Å². The highest BCUT2D eigenvalue weighted by molar-refractivity contribution is 6.02. The van der Waals surface area contributed by atoms with E-state index >= 15 is 0 Å². The summed E-state index contributed by atoms with van der Waals surface area (Å²) >= 11 is 0. The van der Waals surface area contributed by atoms with E-state index in [2.05, 4.69) is 15.4 Å². The monoisotopic (exact) mass is 366 g/mol. The number of Topliss-reactive ketones (excluding diaryl/α,β-unsaturated/α-hetero) is 1. The molecule has 27 heavy (non-hydrogen) atoms. The number of nitrogens with zero attached hydrogens (tertiary/aromatic N) is 3. The molecule has 0 bridgehead atoms. The van der Waals surface area contributed by atoms with Crippen molar-refractivity contribution in [3.05, 3.63) is 71.6 Å². The van der Waals surface area contributed by atoms with E-state index in [1.54, 1.807) is 36.4 Å². The summed E-state index contributed by atoms with van der Waals surface area (Å²) in [5.41, 5.74) is 1.58. The molecule has 1 aromatic heterocycles. The molecule has 0 saturated carbocycles. The number of nitrogens with one attached hydrogen (secondary N) is 1. The first-order chi connectivity index (χ1) is 12.8. The Morgan fingerprint density at radius 3 is 2.41 bits per heavy atom. The number of hydrogen-bond acceptors (Lipinski definition) is 4. The van der Waals surface area contributed by atoms with Crippen LogP contribution in [0.2, 0.25) is 0 Å². The molecule has 0 aliphatic carbocycles. The van der Waals surface area contributed by atoms with Gasteiger partial charge < -0.3 is 5.32 Å². The summed E-state index contributed by atoms with van der Waals surface area (Å²) in [7, 11) is 0. The summed E-state index contributed by atoms with van der Waals surface area (Å²) in [6, 6.07) is 12.5. The fourth-order valence-electron chi connectivity index (χ4n) is 2.57. The number of rotatable bonds is 5. The Kier molecular flexibility index (Phi) is 5.12. The van der Waals surface area contributed by atoms with Crippen LogP contribution in [0.3, 0.4) is 0 Å². The molecule has 0 fully saturated rings. The molecule has 3 aromatic rings. The molecule has 0 spiro atoms. The van der Waals surface area contributed by atoms with Crippen molar-refractivity contribution in [3.63, 3.8) is 0 Å². The second-order valence-electron chi connectivity index (χ2n) is 6.43. The predicted octanol–water partition coefficient (Wildman–Crippen LogP) is 3.98. The van der Waals surface area contributed by atoms with Crippen LogP contribution in [0.15, 0.2) is 48.5 Å². The molecule has 7 heteroatoms. The molecule has 1 N–H and O–H groups in total. The molecular weight excluding hydrogens is 347 g/mol. The SMILES string of the molecule is CC(=O)c1ccc(NC(=O)c2nc(C(C)C)n(-c3cccc(F)c3)n2)cc1. The molecular formula is C20H19FN4O2. The van der Waals surface area contributed by atoms with Gasteiger partial charge in [0.15, 0.2) is 5.78 Å². The molecule has 2 aromatic carbocycles. The topological polar surface area (TPSA) is 76.9 Å². The molecule has 0 aliphatic heterocycles. The zero-order valence-corrected chi connectivity index (χ0v) is 15.2. The van der Waals surface area contributed by atoms with Crippen molar-refractivity contribution in [2.75, 3.05) is 5.32 Å². The Balaban J connectivity index is 1.89. The van der Waals surface area contributed by atoms with Crippen molar-refractivity contribution < 1.29 is 14.0 Å². The largest absolute Gasteiger partial charge is 0.319 e. The van der Waals surface area contributed by atoms with Crippen molar-refractivity contribution in [2.45, 2.75) is 26.7 Å². The number of hydrogen-bond donors (Lipinski definition) is 1. The van der Waals surface area contributed by atoms with Crippen LogP contribution in [0, 0.1) is 5.82 Å². The standard InChI is InChI=1S/C20H19FN4O2/c1-12(2)19-23-18(24-25(19)17-6-4-5-15(21)11-17)20(27)22-16-9-7-14(8-10-16)13(3)26/h4-12H,1-3H3,(H,22,27). The van der Waals surface area contributed by atoms with Gasteiger partial charge in [-0.2, -0.15) is 0 Å². The minimum absolute atomic E-state index is 0.0152. The Bertz CT molecular complexity index is 993. The van der Waals surface area contributed by atoms with E-state index in [4.69, 9.17) is 0 Å². The van der Waals surface area contributed by atoms with Crippen LogP contribution in [0.4, 0.5) is 10.1 Å². The van der Waals surface area contributed by atoms with Gasteiger partial charge in [0.1, 0.15) is 11.6 Å². The van der Waals surface area contributed by atoms with Crippen molar-refractivity contribution in [1.82, 2.24) is 14.8 Å². The Hall–Kier alpha value is -3.35. The van der Waals surface area contributed by atoms with Crippen LogP contribution in [-0.4, -0.2) is 26.5 Å². The first-order valence-corrected chi connectivity index (χ1v) is 8.50. The van der Waals surface area contributed by atoms with Crippen molar-refractivity contribution in [2.24, 2.45) is 0 Å². The summed E-state index contributed by atoms with van der Waals surface area (Å²) in [6.45, 7) is 5.31. The number of anilines is 1. The maximum absolute atomic E-state index is 13.6. The second kappa shape index (κ2) is 7.49. The first-order valence-electron chi connectivity index (χ1n) is 8.50. The maximum atomic E-state index is 13.6. The smallest absolute Gasteiger partial charge is 0.295 e.